The molecule has 0 radical (unpaired) electrons. The summed E-state index contributed by atoms with van der Waals surface area (Å²) in [5.41, 5.74) is 2.67. The van der Waals surface area contributed by atoms with E-state index in [0.29, 0.717) is 17.9 Å². The Morgan fingerprint density at radius 2 is 2.00 bits per heavy atom. The van der Waals surface area contributed by atoms with Gasteiger partial charge in [0.1, 0.15) is 11.4 Å². The van der Waals surface area contributed by atoms with Gasteiger partial charge in [0.15, 0.2) is 0 Å². The summed E-state index contributed by atoms with van der Waals surface area (Å²) in [7, 11) is 1.83. The molecule has 130 valence electrons. The normalized spacial score (nSPS) is 12.2. The molecule has 1 unspecified atom stereocenters. The van der Waals surface area contributed by atoms with Crippen molar-refractivity contribution in [1.29, 1.82) is 0 Å². The summed E-state index contributed by atoms with van der Waals surface area (Å²) in [6, 6.07) is -0.152. The maximum absolute atomic E-state index is 12.1. The average Bonchev–Trinajstić information content (AvgIpc) is 2.95. The number of nitrogens with zero attached hydrogens (tertiary/aromatic N) is 5. The highest BCUT2D eigenvalue weighted by molar-refractivity contribution is 5.76. The lowest BCUT2D eigenvalue weighted by Gasteiger charge is -2.13. The molecule has 9 heteroatoms. The van der Waals surface area contributed by atoms with E-state index in [1.165, 1.54) is 4.68 Å². The molecule has 1 amide bonds. The van der Waals surface area contributed by atoms with Crippen molar-refractivity contribution in [1.82, 2.24) is 24.9 Å². The Hall–Kier alpha value is -2.71. The number of aromatic nitrogens is 4. The molecule has 0 aliphatic rings. The van der Waals surface area contributed by atoms with E-state index in [4.69, 9.17) is 0 Å². The van der Waals surface area contributed by atoms with Gasteiger partial charge >= 0.3 is 5.69 Å². The van der Waals surface area contributed by atoms with Crippen LogP contribution in [0.1, 0.15) is 42.0 Å². The Bertz CT molecular complexity index is 777. The Morgan fingerprint density at radius 3 is 2.50 bits per heavy atom. The molecule has 0 aromatic carbocycles. The lowest BCUT2D eigenvalue weighted by molar-refractivity contribution is -0.386. The van der Waals surface area contributed by atoms with Crippen molar-refractivity contribution < 1.29 is 9.72 Å². The fourth-order valence-corrected chi connectivity index (χ4v) is 2.81. The second-order valence-corrected chi connectivity index (χ2v) is 5.88. The SMILES string of the molecule is Cc1nn(C)cc1C(C)NC(=O)CCn1nc(C)c([N+](=O)[O-])c1C. The van der Waals surface area contributed by atoms with Crippen LogP contribution < -0.4 is 5.32 Å². The van der Waals surface area contributed by atoms with Gasteiger partial charge in [0.05, 0.1) is 23.2 Å². The first-order chi connectivity index (χ1) is 11.2. The van der Waals surface area contributed by atoms with Gasteiger partial charge < -0.3 is 5.32 Å². The van der Waals surface area contributed by atoms with Crippen LogP contribution in [-0.4, -0.2) is 30.4 Å². The summed E-state index contributed by atoms with van der Waals surface area (Å²) in [4.78, 5) is 22.7. The van der Waals surface area contributed by atoms with Gasteiger partial charge in [-0.1, -0.05) is 0 Å². The fraction of sp³-hybridized carbons (Fsp3) is 0.533. The molecule has 0 spiro atoms. The van der Waals surface area contributed by atoms with Crippen LogP contribution in [-0.2, 0) is 18.4 Å². The van der Waals surface area contributed by atoms with E-state index in [0.717, 1.165) is 11.3 Å². The first kappa shape index (κ1) is 17.6. The van der Waals surface area contributed by atoms with E-state index >= 15 is 0 Å². The highest BCUT2D eigenvalue weighted by atomic mass is 16.6. The zero-order valence-corrected chi connectivity index (χ0v) is 14.5. The van der Waals surface area contributed by atoms with Crippen molar-refractivity contribution in [2.75, 3.05) is 0 Å². The lowest BCUT2D eigenvalue weighted by atomic mass is 10.1. The van der Waals surface area contributed by atoms with Gasteiger partial charge in [-0.2, -0.15) is 10.2 Å². The summed E-state index contributed by atoms with van der Waals surface area (Å²) in [5, 5.41) is 22.3. The number of carbonyl (C=O) groups excluding carboxylic acids is 1. The Kier molecular flexibility index (Phi) is 5.01. The number of carbonyl (C=O) groups is 1. The van der Waals surface area contributed by atoms with E-state index in [9.17, 15) is 14.9 Å². The van der Waals surface area contributed by atoms with E-state index < -0.39 is 4.92 Å². The molecular weight excluding hydrogens is 312 g/mol. The van der Waals surface area contributed by atoms with Crippen molar-refractivity contribution >= 4 is 11.6 Å². The Balaban J connectivity index is 1.98. The second-order valence-electron chi connectivity index (χ2n) is 5.88. The summed E-state index contributed by atoms with van der Waals surface area (Å²) in [5.74, 6) is -0.138. The summed E-state index contributed by atoms with van der Waals surface area (Å²) < 4.78 is 3.22. The molecule has 0 fully saturated rings. The highest BCUT2D eigenvalue weighted by Crippen LogP contribution is 2.22. The Labute approximate surface area is 139 Å². The molecule has 2 rings (SSSR count). The standard InChI is InChI=1S/C15H22N6O3/c1-9(13-8-19(5)17-10(13)2)16-14(22)6-7-20-12(4)15(21(23)24)11(3)18-20/h8-9H,6-7H2,1-5H3,(H,16,22). The molecule has 2 aromatic rings. The van der Waals surface area contributed by atoms with Crippen LogP contribution in [0.4, 0.5) is 5.69 Å². The average molecular weight is 334 g/mol. The van der Waals surface area contributed by atoms with Crippen LogP contribution in [0.25, 0.3) is 0 Å². The summed E-state index contributed by atoms with van der Waals surface area (Å²) in [6.45, 7) is 7.32. The Morgan fingerprint density at radius 1 is 1.33 bits per heavy atom. The molecule has 1 N–H and O–H groups in total. The molecular formula is C15H22N6O3. The van der Waals surface area contributed by atoms with Crippen LogP contribution in [0.3, 0.4) is 0 Å². The quantitative estimate of drug-likeness (QED) is 0.639. The first-order valence-corrected chi connectivity index (χ1v) is 7.68. The zero-order chi connectivity index (χ0) is 18.0. The first-order valence-electron chi connectivity index (χ1n) is 7.68. The smallest absolute Gasteiger partial charge is 0.312 e. The minimum absolute atomic E-state index is 0.00904. The van der Waals surface area contributed by atoms with Crippen molar-refractivity contribution in [3.63, 3.8) is 0 Å². The zero-order valence-electron chi connectivity index (χ0n) is 14.5. The molecule has 0 saturated heterocycles. The van der Waals surface area contributed by atoms with Gasteiger partial charge in [0.2, 0.25) is 5.91 Å². The molecule has 2 heterocycles. The predicted octanol–water partition coefficient (Wildman–Crippen LogP) is 1.72. The van der Waals surface area contributed by atoms with Crippen LogP contribution in [0.2, 0.25) is 0 Å². The minimum Gasteiger partial charge on any atom is -0.349 e. The molecule has 0 bridgehead atoms. The van der Waals surface area contributed by atoms with Crippen molar-refractivity contribution in [2.45, 2.75) is 46.7 Å². The van der Waals surface area contributed by atoms with Crippen LogP contribution in [0.5, 0.6) is 0 Å². The fourth-order valence-electron chi connectivity index (χ4n) is 2.81. The van der Waals surface area contributed by atoms with Crippen molar-refractivity contribution in [3.8, 4) is 0 Å². The maximum atomic E-state index is 12.1. The van der Waals surface area contributed by atoms with Gasteiger partial charge in [-0.25, -0.2) is 0 Å². The number of hydrogen-bond acceptors (Lipinski definition) is 5. The van der Waals surface area contributed by atoms with Crippen LogP contribution >= 0.6 is 0 Å². The van der Waals surface area contributed by atoms with E-state index in [1.807, 2.05) is 27.1 Å². The third kappa shape index (κ3) is 3.61. The molecule has 24 heavy (non-hydrogen) atoms. The summed E-state index contributed by atoms with van der Waals surface area (Å²) >= 11 is 0. The number of amides is 1. The summed E-state index contributed by atoms with van der Waals surface area (Å²) in [6.07, 6.45) is 2.08. The largest absolute Gasteiger partial charge is 0.349 e. The van der Waals surface area contributed by atoms with Gasteiger partial charge in [-0.15, -0.1) is 0 Å². The topological polar surface area (TPSA) is 108 Å². The number of rotatable bonds is 6. The van der Waals surface area contributed by atoms with E-state index in [1.54, 1.807) is 18.5 Å². The molecule has 1 atom stereocenters. The van der Waals surface area contributed by atoms with Crippen molar-refractivity contribution in [3.05, 3.63) is 39.0 Å². The third-order valence-electron chi connectivity index (χ3n) is 3.97. The number of nitro groups is 1. The number of hydrogen-bond donors (Lipinski definition) is 1. The molecule has 0 aliphatic heterocycles. The maximum Gasteiger partial charge on any atom is 0.312 e. The van der Waals surface area contributed by atoms with Gasteiger partial charge in [-0.05, 0) is 27.7 Å². The van der Waals surface area contributed by atoms with Gasteiger partial charge in [0, 0.05) is 25.2 Å². The molecule has 9 nitrogen and oxygen atoms in total. The lowest BCUT2D eigenvalue weighted by Crippen LogP contribution is -2.28. The van der Waals surface area contributed by atoms with Gasteiger partial charge in [-0.3, -0.25) is 24.3 Å². The van der Waals surface area contributed by atoms with Crippen LogP contribution in [0, 0.1) is 30.9 Å². The number of aryl methyl sites for hydroxylation is 4. The van der Waals surface area contributed by atoms with Crippen LogP contribution in [0.15, 0.2) is 6.20 Å². The minimum atomic E-state index is -0.443. The van der Waals surface area contributed by atoms with Crippen molar-refractivity contribution in [2.24, 2.45) is 7.05 Å². The van der Waals surface area contributed by atoms with E-state index in [-0.39, 0.29) is 24.1 Å². The molecule has 0 saturated carbocycles. The monoisotopic (exact) mass is 334 g/mol. The third-order valence-corrected chi connectivity index (χ3v) is 3.97. The highest BCUT2D eigenvalue weighted by Gasteiger charge is 2.22. The number of nitrogens with one attached hydrogen (secondary N) is 1. The molecule has 0 aliphatic carbocycles. The van der Waals surface area contributed by atoms with Gasteiger partial charge in [0.25, 0.3) is 0 Å². The van der Waals surface area contributed by atoms with E-state index in [2.05, 4.69) is 15.5 Å². The predicted molar refractivity (Wildman–Crippen MR) is 87.5 cm³/mol. The second kappa shape index (κ2) is 6.81. The molecule has 2 aromatic heterocycles.